The highest BCUT2D eigenvalue weighted by molar-refractivity contribution is 5.35. The van der Waals surface area contributed by atoms with Crippen molar-refractivity contribution in [2.75, 3.05) is 0 Å². The topological polar surface area (TPSA) is 20.2 Å². The van der Waals surface area contributed by atoms with Crippen molar-refractivity contribution in [3.63, 3.8) is 0 Å². The van der Waals surface area contributed by atoms with E-state index in [4.69, 9.17) is 0 Å². The zero-order valence-electron chi connectivity index (χ0n) is 12.5. The van der Waals surface area contributed by atoms with Crippen LogP contribution in [-0.2, 0) is 12.0 Å². The Morgan fingerprint density at radius 3 is 2.25 bits per heavy atom. The Hall–Kier alpha value is -1.67. The van der Waals surface area contributed by atoms with Crippen LogP contribution in [0.5, 0.6) is 0 Å². The number of aliphatic hydroxyl groups is 1. The highest BCUT2D eigenvalue weighted by atomic mass is 19.1. The first-order valence-electron chi connectivity index (χ1n) is 6.85. The number of rotatable bonds is 3. The van der Waals surface area contributed by atoms with E-state index in [1.54, 1.807) is 13.0 Å². The van der Waals surface area contributed by atoms with Gasteiger partial charge in [-0.15, -0.1) is 0 Å². The van der Waals surface area contributed by atoms with Crippen LogP contribution in [0, 0.1) is 26.6 Å². The molecule has 0 aliphatic heterocycles. The van der Waals surface area contributed by atoms with Gasteiger partial charge in [0.25, 0.3) is 0 Å². The molecule has 0 saturated heterocycles. The zero-order valence-corrected chi connectivity index (χ0v) is 12.5. The van der Waals surface area contributed by atoms with Crippen LogP contribution in [0.25, 0.3) is 0 Å². The second kappa shape index (κ2) is 5.37. The SMILES string of the molecule is Cc1ccc(C(C)(O)Cc2cc(F)ccc2C)cc1C. The normalized spacial score (nSPS) is 14.1. The molecule has 1 N–H and O–H groups in total. The molecule has 20 heavy (non-hydrogen) atoms. The van der Waals surface area contributed by atoms with Gasteiger partial charge in [-0.1, -0.05) is 24.3 Å². The summed E-state index contributed by atoms with van der Waals surface area (Å²) >= 11 is 0. The molecule has 0 aliphatic carbocycles. The highest BCUT2D eigenvalue weighted by Gasteiger charge is 2.24. The third-order valence-corrected chi connectivity index (χ3v) is 3.97. The van der Waals surface area contributed by atoms with E-state index in [1.165, 1.54) is 17.7 Å². The van der Waals surface area contributed by atoms with Crippen molar-refractivity contribution < 1.29 is 9.50 Å². The van der Waals surface area contributed by atoms with Gasteiger partial charge in [0, 0.05) is 6.42 Å². The van der Waals surface area contributed by atoms with Crippen LogP contribution < -0.4 is 0 Å². The maximum atomic E-state index is 13.4. The van der Waals surface area contributed by atoms with Crippen molar-refractivity contribution in [3.05, 3.63) is 70.0 Å². The number of benzene rings is 2. The summed E-state index contributed by atoms with van der Waals surface area (Å²) in [5, 5.41) is 10.7. The fourth-order valence-corrected chi connectivity index (χ4v) is 2.38. The third kappa shape index (κ3) is 3.07. The van der Waals surface area contributed by atoms with Gasteiger partial charge < -0.3 is 5.11 Å². The molecule has 1 unspecified atom stereocenters. The summed E-state index contributed by atoms with van der Waals surface area (Å²) < 4.78 is 13.4. The van der Waals surface area contributed by atoms with Crippen molar-refractivity contribution in [1.29, 1.82) is 0 Å². The molecule has 0 radical (unpaired) electrons. The number of hydrogen-bond donors (Lipinski definition) is 1. The Morgan fingerprint density at radius 1 is 0.950 bits per heavy atom. The van der Waals surface area contributed by atoms with E-state index in [-0.39, 0.29) is 5.82 Å². The van der Waals surface area contributed by atoms with E-state index in [0.29, 0.717) is 6.42 Å². The van der Waals surface area contributed by atoms with Crippen molar-refractivity contribution in [1.82, 2.24) is 0 Å². The summed E-state index contributed by atoms with van der Waals surface area (Å²) in [7, 11) is 0. The Morgan fingerprint density at radius 2 is 1.60 bits per heavy atom. The monoisotopic (exact) mass is 272 g/mol. The van der Waals surface area contributed by atoms with E-state index >= 15 is 0 Å². The Balaban J connectivity index is 2.34. The second-order valence-corrected chi connectivity index (χ2v) is 5.82. The first-order chi connectivity index (χ1) is 9.29. The van der Waals surface area contributed by atoms with Crippen molar-refractivity contribution in [2.24, 2.45) is 0 Å². The average Bonchev–Trinajstić information content (AvgIpc) is 2.36. The van der Waals surface area contributed by atoms with E-state index in [2.05, 4.69) is 0 Å². The first kappa shape index (κ1) is 14.7. The molecule has 0 bridgehead atoms. The molecule has 1 nitrogen and oxygen atoms in total. The fourth-order valence-electron chi connectivity index (χ4n) is 2.38. The molecular formula is C18H21FO. The molecule has 0 fully saturated rings. The fraction of sp³-hybridized carbons (Fsp3) is 0.333. The predicted octanol–water partition coefficient (Wildman–Crippen LogP) is 4.20. The Labute approximate surface area is 120 Å². The van der Waals surface area contributed by atoms with Crippen LogP contribution >= 0.6 is 0 Å². The molecule has 0 heterocycles. The van der Waals surface area contributed by atoms with Crippen molar-refractivity contribution >= 4 is 0 Å². The van der Waals surface area contributed by atoms with Gasteiger partial charge in [-0.05, 0) is 67.6 Å². The molecular weight excluding hydrogens is 251 g/mol. The summed E-state index contributed by atoms with van der Waals surface area (Å²) in [5.41, 5.74) is 4.05. The van der Waals surface area contributed by atoms with Crippen LogP contribution in [0.15, 0.2) is 36.4 Å². The van der Waals surface area contributed by atoms with Gasteiger partial charge in [0.2, 0.25) is 0 Å². The number of aryl methyl sites for hydroxylation is 3. The zero-order chi connectivity index (χ0) is 14.9. The van der Waals surface area contributed by atoms with Gasteiger partial charge in [-0.25, -0.2) is 4.39 Å². The highest BCUT2D eigenvalue weighted by Crippen LogP contribution is 2.28. The van der Waals surface area contributed by atoms with Crippen LogP contribution in [-0.4, -0.2) is 5.11 Å². The Bertz CT molecular complexity index is 629. The molecule has 106 valence electrons. The first-order valence-corrected chi connectivity index (χ1v) is 6.85. The molecule has 0 aliphatic rings. The summed E-state index contributed by atoms with van der Waals surface area (Å²) in [6, 6.07) is 10.7. The molecule has 0 amide bonds. The van der Waals surface area contributed by atoms with Gasteiger partial charge in [0.1, 0.15) is 5.82 Å². The minimum Gasteiger partial charge on any atom is -0.385 e. The molecule has 0 saturated carbocycles. The summed E-state index contributed by atoms with van der Waals surface area (Å²) in [6.07, 6.45) is 0.402. The predicted molar refractivity (Wildman–Crippen MR) is 80.3 cm³/mol. The van der Waals surface area contributed by atoms with Crippen LogP contribution in [0.2, 0.25) is 0 Å². The van der Waals surface area contributed by atoms with E-state index < -0.39 is 5.60 Å². The van der Waals surface area contributed by atoms with Gasteiger partial charge >= 0.3 is 0 Å². The van der Waals surface area contributed by atoms with Crippen LogP contribution in [0.3, 0.4) is 0 Å². The maximum absolute atomic E-state index is 13.4. The summed E-state index contributed by atoms with van der Waals surface area (Å²) in [4.78, 5) is 0. The van der Waals surface area contributed by atoms with Crippen molar-refractivity contribution in [2.45, 2.75) is 39.7 Å². The standard InChI is InChI=1S/C18H21FO/c1-12-5-7-16(9-14(12)3)18(4,20)11-15-10-17(19)8-6-13(15)2/h5-10,20H,11H2,1-4H3. The quantitative estimate of drug-likeness (QED) is 0.887. The minimum absolute atomic E-state index is 0.263. The van der Waals surface area contributed by atoms with Gasteiger partial charge in [0.05, 0.1) is 5.60 Å². The number of hydrogen-bond acceptors (Lipinski definition) is 1. The van der Waals surface area contributed by atoms with Gasteiger partial charge in [0.15, 0.2) is 0 Å². The molecule has 0 spiro atoms. The summed E-state index contributed by atoms with van der Waals surface area (Å²) in [6.45, 7) is 7.79. The second-order valence-electron chi connectivity index (χ2n) is 5.82. The largest absolute Gasteiger partial charge is 0.385 e. The molecule has 2 rings (SSSR count). The Kier molecular flexibility index (Phi) is 3.96. The number of halogens is 1. The lowest BCUT2D eigenvalue weighted by atomic mass is 9.86. The smallest absolute Gasteiger partial charge is 0.123 e. The molecule has 2 heteroatoms. The van der Waals surface area contributed by atoms with Gasteiger partial charge in [-0.3, -0.25) is 0 Å². The minimum atomic E-state index is -1.00. The average molecular weight is 272 g/mol. The lowest BCUT2D eigenvalue weighted by Gasteiger charge is -2.25. The summed E-state index contributed by atoms with van der Waals surface area (Å²) in [5.74, 6) is -0.263. The molecule has 2 aromatic carbocycles. The van der Waals surface area contributed by atoms with Crippen LogP contribution in [0.4, 0.5) is 4.39 Å². The van der Waals surface area contributed by atoms with Crippen molar-refractivity contribution in [3.8, 4) is 0 Å². The molecule has 2 aromatic rings. The van der Waals surface area contributed by atoms with E-state index in [9.17, 15) is 9.50 Å². The maximum Gasteiger partial charge on any atom is 0.123 e. The lowest BCUT2D eigenvalue weighted by molar-refractivity contribution is 0.0573. The molecule has 1 atom stereocenters. The van der Waals surface area contributed by atoms with E-state index in [1.807, 2.05) is 39.0 Å². The third-order valence-electron chi connectivity index (χ3n) is 3.97. The van der Waals surface area contributed by atoms with E-state index in [0.717, 1.165) is 22.3 Å². The van der Waals surface area contributed by atoms with Gasteiger partial charge in [-0.2, -0.15) is 0 Å². The molecule has 0 aromatic heterocycles. The lowest BCUT2D eigenvalue weighted by Crippen LogP contribution is -2.25. The van der Waals surface area contributed by atoms with Crippen LogP contribution in [0.1, 0.15) is 34.7 Å².